The van der Waals surface area contributed by atoms with Gasteiger partial charge in [-0.15, -0.1) is 0 Å². The summed E-state index contributed by atoms with van der Waals surface area (Å²) in [7, 11) is 0. The molecule has 108 valence electrons. The molecule has 21 heavy (non-hydrogen) atoms. The third kappa shape index (κ3) is 2.33. The molecule has 7 nitrogen and oxygen atoms in total. The normalized spacial score (nSPS) is 17.5. The highest BCUT2D eigenvalue weighted by molar-refractivity contribution is 6.02. The van der Waals surface area contributed by atoms with Crippen molar-refractivity contribution in [1.29, 1.82) is 0 Å². The summed E-state index contributed by atoms with van der Waals surface area (Å²) in [4.78, 5) is 34.4. The molecule has 1 amide bonds. The van der Waals surface area contributed by atoms with Gasteiger partial charge in [0, 0.05) is 11.5 Å². The predicted octanol–water partition coefficient (Wildman–Crippen LogP) is 0.808. The number of para-hydroxylation sites is 1. The summed E-state index contributed by atoms with van der Waals surface area (Å²) in [6.07, 6.45) is -0.964. The first-order valence-electron chi connectivity index (χ1n) is 6.36. The molecule has 1 unspecified atom stereocenters. The maximum absolute atomic E-state index is 12.2. The van der Waals surface area contributed by atoms with E-state index in [2.05, 4.69) is 5.32 Å². The lowest BCUT2D eigenvalue weighted by molar-refractivity contribution is 0.0698. The Kier molecular flexibility index (Phi) is 3.09. The molecule has 2 aromatic rings. The Morgan fingerprint density at radius 2 is 2.14 bits per heavy atom. The number of nitrogens with one attached hydrogen (secondary N) is 1. The average molecular weight is 288 g/mol. The third-order valence-electron chi connectivity index (χ3n) is 3.38. The van der Waals surface area contributed by atoms with Gasteiger partial charge in [0.2, 0.25) is 0 Å². The van der Waals surface area contributed by atoms with Crippen molar-refractivity contribution in [2.75, 3.05) is 6.54 Å². The number of carbonyl (C=O) groups is 2. The number of carboxylic acids is 1. The zero-order valence-corrected chi connectivity index (χ0v) is 10.9. The highest BCUT2D eigenvalue weighted by Crippen LogP contribution is 2.18. The largest absolute Gasteiger partial charge is 0.478 e. The minimum atomic E-state index is -1.15. The number of amides is 1. The summed E-state index contributed by atoms with van der Waals surface area (Å²) in [6, 6.07) is 7.85. The SMILES string of the molecule is O=C1NCC(Cn2c(=O)cc(C(=O)O)c3ccccc32)O1. The van der Waals surface area contributed by atoms with E-state index in [9.17, 15) is 19.5 Å². The van der Waals surface area contributed by atoms with E-state index in [-0.39, 0.29) is 12.1 Å². The quantitative estimate of drug-likeness (QED) is 0.871. The van der Waals surface area contributed by atoms with Gasteiger partial charge in [0.1, 0.15) is 6.10 Å². The van der Waals surface area contributed by atoms with Crippen LogP contribution >= 0.6 is 0 Å². The van der Waals surface area contributed by atoms with E-state index in [4.69, 9.17) is 4.74 Å². The molecule has 0 spiro atoms. The van der Waals surface area contributed by atoms with Crippen LogP contribution in [-0.2, 0) is 11.3 Å². The number of carboxylic acid groups (broad SMARTS) is 1. The Labute approximate surface area is 118 Å². The fourth-order valence-electron chi connectivity index (χ4n) is 2.44. The number of benzene rings is 1. The topological polar surface area (TPSA) is 97.6 Å². The second-order valence-corrected chi connectivity index (χ2v) is 4.74. The van der Waals surface area contributed by atoms with Crippen molar-refractivity contribution >= 4 is 23.0 Å². The smallest absolute Gasteiger partial charge is 0.407 e. The molecular weight excluding hydrogens is 276 g/mol. The second-order valence-electron chi connectivity index (χ2n) is 4.74. The van der Waals surface area contributed by atoms with Crippen molar-refractivity contribution in [2.45, 2.75) is 12.6 Å². The Morgan fingerprint density at radius 3 is 2.81 bits per heavy atom. The first-order valence-corrected chi connectivity index (χ1v) is 6.36. The van der Waals surface area contributed by atoms with Gasteiger partial charge in [0.25, 0.3) is 5.56 Å². The predicted molar refractivity (Wildman–Crippen MR) is 73.4 cm³/mol. The lowest BCUT2D eigenvalue weighted by Crippen LogP contribution is -2.29. The summed E-state index contributed by atoms with van der Waals surface area (Å²) in [6.45, 7) is 0.498. The fraction of sp³-hybridized carbons (Fsp3) is 0.214. The van der Waals surface area contributed by atoms with Crippen molar-refractivity contribution in [2.24, 2.45) is 0 Å². The Balaban J connectivity index is 2.12. The van der Waals surface area contributed by atoms with Crippen LogP contribution in [0.25, 0.3) is 10.9 Å². The lowest BCUT2D eigenvalue weighted by Gasteiger charge is -2.14. The molecule has 1 aromatic carbocycles. The van der Waals surface area contributed by atoms with Crippen molar-refractivity contribution in [1.82, 2.24) is 9.88 Å². The highest BCUT2D eigenvalue weighted by atomic mass is 16.6. The van der Waals surface area contributed by atoms with Crippen LogP contribution in [0.4, 0.5) is 4.79 Å². The monoisotopic (exact) mass is 288 g/mol. The molecule has 0 aliphatic carbocycles. The van der Waals surface area contributed by atoms with Gasteiger partial charge in [-0.2, -0.15) is 0 Å². The molecule has 1 aromatic heterocycles. The minimum Gasteiger partial charge on any atom is -0.478 e. The van der Waals surface area contributed by atoms with Crippen LogP contribution in [0.3, 0.4) is 0 Å². The number of ether oxygens (including phenoxy) is 1. The standard InChI is InChI=1S/C14H12N2O5/c17-12-5-10(13(18)19)9-3-1-2-4-11(9)16(12)7-8-6-15-14(20)21-8/h1-5,8H,6-7H2,(H,15,20)(H,18,19). The summed E-state index contributed by atoms with van der Waals surface area (Å²) >= 11 is 0. The van der Waals surface area contributed by atoms with E-state index in [0.717, 1.165) is 6.07 Å². The maximum Gasteiger partial charge on any atom is 0.407 e. The van der Waals surface area contributed by atoms with Gasteiger partial charge >= 0.3 is 12.1 Å². The van der Waals surface area contributed by atoms with Gasteiger partial charge in [0.05, 0.1) is 24.2 Å². The van der Waals surface area contributed by atoms with E-state index in [1.807, 2.05) is 0 Å². The number of rotatable bonds is 3. The third-order valence-corrected chi connectivity index (χ3v) is 3.38. The number of fused-ring (bicyclic) bond motifs is 1. The van der Waals surface area contributed by atoms with Crippen LogP contribution in [0, 0.1) is 0 Å². The number of hydrogen-bond acceptors (Lipinski definition) is 4. The van der Waals surface area contributed by atoms with Crippen LogP contribution in [0.2, 0.25) is 0 Å². The molecule has 3 rings (SSSR count). The van der Waals surface area contributed by atoms with E-state index in [0.29, 0.717) is 17.4 Å². The molecule has 1 fully saturated rings. The molecule has 0 saturated carbocycles. The Bertz CT molecular complexity index is 796. The van der Waals surface area contributed by atoms with Crippen molar-refractivity contribution in [3.63, 3.8) is 0 Å². The summed E-state index contributed by atoms with van der Waals surface area (Å²) in [5, 5.41) is 12.2. The average Bonchev–Trinajstić information content (AvgIpc) is 2.87. The number of pyridine rings is 1. The Morgan fingerprint density at radius 1 is 1.38 bits per heavy atom. The van der Waals surface area contributed by atoms with Gasteiger partial charge in [0.15, 0.2) is 0 Å². The fourth-order valence-corrected chi connectivity index (χ4v) is 2.44. The van der Waals surface area contributed by atoms with E-state index in [1.54, 1.807) is 24.3 Å². The zero-order chi connectivity index (χ0) is 15.0. The summed E-state index contributed by atoms with van der Waals surface area (Å²) < 4.78 is 6.44. The number of aromatic carboxylic acids is 1. The molecule has 2 heterocycles. The zero-order valence-electron chi connectivity index (χ0n) is 10.9. The molecule has 1 aliphatic rings. The molecule has 1 atom stereocenters. The molecule has 2 N–H and O–H groups in total. The molecule has 1 aliphatic heterocycles. The van der Waals surface area contributed by atoms with Gasteiger partial charge in [-0.25, -0.2) is 9.59 Å². The molecule has 0 bridgehead atoms. The molecule has 7 heteroatoms. The number of aromatic nitrogens is 1. The summed E-state index contributed by atoms with van der Waals surface area (Å²) in [5.41, 5.74) is 0.0350. The van der Waals surface area contributed by atoms with Crippen molar-refractivity contribution in [3.05, 3.63) is 46.2 Å². The highest BCUT2D eigenvalue weighted by Gasteiger charge is 2.24. The minimum absolute atomic E-state index is 0.0339. The first kappa shape index (κ1) is 13.2. The van der Waals surface area contributed by atoms with Gasteiger partial charge in [-0.1, -0.05) is 18.2 Å². The number of nitrogens with zero attached hydrogens (tertiary/aromatic N) is 1. The number of hydrogen-bond donors (Lipinski definition) is 2. The van der Waals surface area contributed by atoms with Gasteiger partial charge in [-0.05, 0) is 6.07 Å². The molecule has 0 radical (unpaired) electrons. The lowest BCUT2D eigenvalue weighted by atomic mass is 10.1. The van der Waals surface area contributed by atoms with Crippen LogP contribution in [0.1, 0.15) is 10.4 Å². The van der Waals surface area contributed by atoms with Gasteiger partial charge < -0.3 is 19.7 Å². The van der Waals surface area contributed by atoms with Crippen LogP contribution in [0.15, 0.2) is 35.1 Å². The van der Waals surface area contributed by atoms with E-state index in [1.165, 1.54) is 4.57 Å². The molecular formula is C14H12N2O5. The van der Waals surface area contributed by atoms with E-state index >= 15 is 0 Å². The second kappa shape index (κ2) is 4.93. The van der Waals surface area contributed by atoms with Crippen molar-refractivity contribution in [3.8, 4) is 0 Å². The number of carbonyl (C=O) groups excluding carboxylic acids is 1. The molecule has 1 saturated heterocycles. The summed E-state index contributed by atoms with van der Waals surface area (Å²) in [5.74, 6) is -1.15. The van der Waals surface area contributed by atoms with Crippen molar-refractivity contribution < 1.29 is 19.4 Å². The van der Waals surface area contributed by atoms with Crippen LogP contribution in [-0.4, -0.2) is 34.4 Å². The van der Waals surface area contributed by atoms with Gasteiger partial charge in [-0.3, -0.25) is 4.79 Å². The Hall–Kier alpha value is -2.83. The van der Waals surface area contributed by atoms with Crippen LogP contribution < -0.4 is 10.9 Å². The van der Waals surface area contributed by atoms with E-state index < -0.39 is 23.7 Å². The number of alkyl carbamates (subject to hydrolysis) is 1. The first-order chi connectivity index (χ1) is 10.1. The van der Waals surface area contributed by atoms with Crippen LogP contribution in [0.5, 0.6) is 0 Å². The number of cyclic esters (lactones) is 1. The maximum atomic E-state index is 12.2.